The van der Waals surface area contributed by atoms with E-state index >= 15 is 0 Å². The molecule has 0 saturated carbocycles. The monoisotopic (exact) mass is 382 g/mol. The lowest BCUT2D eigenvalue weighted by Crippen LogP contribution is -2.17. The van der Waals surface area contributed by atoms with Crippen molar-refractivity contribution in [1.29, 1.82) is 0 Å². The Morgan fingerprint density at radius 2 is 1.50 bits per heavy atom. The first-order valence-electron chi connectivity index (χ1n) is 9.49. The number of carbonyl (C=O) groups excluding carboxylic acids is 3. The second-order valence-corrected chi connectivity index (χ2v) is 6.81. The predicted molar refractivity (Wildman–Crippen MR) is 106 cm³/mol. The van der Waals surface area contributed by atoms with Gasteiger partial charge in [-0.05, 0) is 56.5 Å². The summed E-state index contributed by atoms with van der Waals surface area (Å²) in [6.07, 6.45) is 1.51. The number of ketones is 2. The van der Waals surface area contributed by atoms with E-state index in [1.54, 1.807) is 24.3 Å². The average Bonchev–Trinajstić information content (AvgIpc) is 2.70. The molecular formula is C23H26O5. The third kappa shape index (κ3) is 7.35. The zero-order valence-corrected chi connectivity index (χ0v) is 16.4. The number of benzene rings is 2. The van der Waals surface area contributed by atoms with E-state index in [1.165, 1.54) is 0 Å². The first-order valence-corrected chi connectivity index (χ1v) is 9.49. The summed E-state index contributed by atoms with van der Waals surface area (Å²) in [6, 6.07) is 16.2. The van der Waals surface area contributed by atoms with Gasteiger partial charge in [-0.1, -0.05) is 30.3 Å². The molecule has 2 aromatic rings. The maximum absolute atomic E-state index is 12.2. The molecule has 0 aliphatic heterocycles. The number of ether oxygens (including phenoxy) is 2. The highest BCUT2D eigenvalue weighted by molar-refractivity contribution is 6.33. The number of Topliss-reactive ketones (excluding diaryl/α,β-unsaturated/α-hetero) is 2. The van der Waals surface area contributed by atoms with E-state index in [2.05, 4.69) is 0 Å². The molecule has 0 aromatic heterocycles. The summed E-state index contributed by atoms with van der Waals surface area (Å²) in [5.74, 6) is -0.643. The summed E-state index contributed by atoms with van der Waals surface area (Å²) in [6.45, 7) is 3.97. The molecule has 148 valence electrons. The summed E-state index contributed by atoms with van der Waals surface area (Å²) in [5, 5.41) is 0. The van der Waals surface area contributed by atoms with Crippen LogP contribution in [0.3, 0.4) is 0 Å². The molecule has 0 heterocycles. The third-order valence-corrected chi connectivity index (χ3v) is 4.05. The maximum atomic E-state index is 12.2. The van der Waals surface area contributed by atoms with Gasteiger partial charge in [0.05, 0.1) is 6.10 Å². The molecular weight excluding hydrogens is 356 g/mol. The molecule has 5 heteroatoms. The summed E-state index contributed by atoms with van der Waals surface area (Å²) in [5.41, 5.74) is 1.45. The molecule has 0 atom stereocenters. The Balaban J connectivity index is 1.66. The Morgan fingerprint density at radius 3 is 2.14 bits per heavy atom. The lowest BCUT2D eigenvalue weighted by Gasteiger charge is -2.09. The largest absolute Gasteiger partial charge is 0.491 e. The molecule has 0 unspecified atom stereocenters. The third-order valence-electron chi connectivity index (χ3n) is 4.05. The highest BCUT2D eigenvalue weighted by atomic mass is 16.5. The lowest BCUT2D eigenvalue weighted by atomic mass is 10.0. The van der Waals surface area contributed by atoms with Gasteiger partial charge in [-0.15, -0.1) is 0 Å². The number of esters is 1. The molecule has 28 heavy (non-hydrogen) atoms. The highest BCUT2D eigenvalue weighted by Gasteiger charge is 2.15. The van der Waals surface area contributed by atoms with Crippen LogP contribution in [0.4, 0.5) is 0 Å². The number of carbonyl (C=O) groups is 3. The predicted octanol–water partition coefficient (Wildman–Crippen LogP) is 4.53. The Labute approximate surface area is 165 Å². The van der Waals surface area contributed by atoms with Gasteiger partial charge in [-0.25, -0.2) is 4.79 Å². The van der Waals surface area contributed by atoms with Gasteiger partial charge in [0.15, 0.2) is 5.78 Å². The molecule has 2 rings (SSSR count). The van der Waals surface area contributed by atoms with Crippen LogP contribution < -0.4 is 4.74 Å². The van der Waals surface area contributed by atoms with Gasteiger partial charge in [-0.2, -0.15) is 0 Å². The standard InChI is InChI=1S/C23H26O5/c1-17(2)28-20-14-12-19(13-15-20)21(24)10-6-7-11-22(25)23(26)27-16-18-8-4-3-5-9-18/h3-5,8-9,12-15,17H,6-7,10-11,16H2,1-2H3. The van der Waals surface area contributed by atoms with E-state index in [9.17, 15) is 14.4 Å². The molecule has 5 nitrogen and oxygen atoms in total. The summed E-state index contributed by atoms with van der Waals surface area (Å²) in [7, 11) is 0. The van der Waals surface area contributed by atoms with Crippen LogP contribution in [0.2, 0.25) is 0 Å². The van der Waals surface area contributed by atoms with Crippen molar-refractivity contribution in [2.75, 3.05) is 0 Å². The molecule has 0 fully saturated rings. The second kappa shape index (κ2) is 11.0. The highest BCUT2D eigenvalue weighted by Crippen LogP contribution is 2.16. The van der Waals surface area contributed by atoms with Crippen LogP contribution in [0.25, 0.3) is 0 Å². The minimum absolute atomic E-state index is 0.00944. The SMILES string of the molecule is CC(C)Oc1ccc(C(=O)CCCCC(=O)C(=O)OCc2ccccc2)cc1. The number of hydrogen-bond acceptors (Lipinski definition) is 5. The Bertz CT molecular complexity index is 778. The van der Waals surface area contributed by atoms with Crippen LogP contribution >= 0.6 is 0 Å². The van der Waals surface area contributed by atoms with E-state index in [4.69, 9.17) is 9.47 Å². The van der Waals surface area contributed by atoms with Gasteiger partial charge in [0.1, 0.15) is 12.4 Å². The molecule has 0 aliphatic carbocycles. The number of rotatable bonds is 11. The normalized spacial score (nSPS) is 10.5. The van der Waals surface area contributed by atoms with Crippen LogP contribution in [0.5, 0.6) is 5.75 Å². The van der Waals surface area contributed by atoms with E-state index in [0.29, 0.717) is 24.8 Å². The summed E-state index contributed by atoms with van der Waals surface area (Å²) < 4.78 is 10.6. The van der Waals surface area contributed by atoms with Crippen molar-refractivity contribution in [2.45, 2.75) is 52.2 Å². The van der Waals surface area contributed by atoms with Crippen LogP contribution in [0, 0.1) is 0 Å². The topological polar surface area (TPSA) is 69.7 Å². The van der Waals surface area contributed by atoms with Crippen molar-refractivity contribution >= 4 is 17.5 Å². The Morgan fingerprint density at radius 1 is 0.857 bits per heavy atom. The fourth-order valence-electron chi connectivity index (χ4n) is 2.61. The van der Waals surface area contributed by atoms with Crippen LogP contribution in [0.15, 0.2) is 54.6 Å². The van der Waals surface area contributed by atoms with Gasteiger partial charge in [-0.3, -0.25) is 9.59 Å². The second-order valence-electron chi connectivity index (χ2n) is 6.81. The minimum atomic E-state index is -0.823. The molecule has 0 aliphatic rings. The van der Waals surface area contributed by atoms with Gasteiger partial charge in [0, 0.05) is 18.4 Å². The zero-order chi connectivity index (χ0) is 20.4. The fourth-order valence-corrected chi connectivity index (χ4v) is 2.61. The van der Waals surface area contributed by atoms with Gasteiger partial charge in [0.2, 0.25) is 5.78 Å². The molecule has 0 saturated heterocycles. The first-order chi connectivity index (χ1) is 13.5. The van der Waals surface area contributed by atoms with Crippen molar-refractivity contribution in [3.8, 4) is 5.75 Å². The summed E-state index contributed by atoms with van der Waals surface area (Å²) in [4.78, 5) is 35.8. The van der Waals surface area contributed by atoms with Crippen molar-refractivity contribution in [2.24, 2.45) is 0 Å². The van der Waals surface area contributed by atoms with Crippen LogP contribution in [-0.2, 0) is 20.9 Å². The molecule has 0 N–H and O–H groups in total. The minimum Gasteiger partial charge on any atom is -0.491 e. The maximum Gasteiger partial charge on any atom is 0.374 e. The van der Waals surface area contributed by atoms with E-state index in [1.807, 2.05) is 44.2 Å². The Hall–Kier alpha value is -2.95. The summed E-state index contributed by atoms with van der Waals surface area (Å²) >= 11 is 0. The van der Waals surface area contributed by atoms with Gasteiger partial charge < -0.3 is 9.47 Å². The van der Waals surface area contributed by atoms with Gasteiger partial charge in [0.25, 0.3) is 0 Å². The molecule has 0 spiro atoms. The van der Waals surface area contributed by atoms with Gasteiger partial charge >= 0.3 is 5.97 Å². The van der Waals surface area contributed by atoms with E-state index in [0.717, 1.165) is 11.3 Å². The lowest BCUT2D eigenvalue weighted by molar-refractivity contribution is -0.154. The fraction of sp³-hybridized carbons (Fsp3) is 0.348. The average molecular weight is 382 g/mol. The number of unbranched alkanes of at least 4 members (excludes halogenated alkanes) is 1. The number of hydrogen-bond donors (Lipinski definition) is 0. The molecule has 2 aromatic carbocycles. The quantitative estimate of drug-likeness (QED) is 0.247. The molecule has 0 bridgehead atoms. The smallest absolute Gasteiger partial charge is 0.374 e. The van der Waals surface area contributed by atoms with Crippen LogP contribution in [0.1, 0.15) is 55.5 Å². The zero-order valence-electron chi connectivity index (χ0n) is 16.4. The van der Waals surface area contributed by atoms with Crippen molar-refractivity contribution in [3.63, 3.8) is 0 Å². The van der Waals surface area contributed by atoms with E-state index < -0.39 is 11.8 Å². The van der Waals surface area contributed by atoms with Crippen molar-refractivity contribution in [3.05, 3.63) is 65.7 Å². The van der Waals surface area contributed by atoms with Crippen molar-refractivity contribution in [1.82, 2.24) is 0 Å². The van der Waals surface area contributed by atoms with Crippen molar-refractivity contribution < 1.29 is 23.9 Å². The first kappa shape index (κ1) is 21.4. The van der Waals surface area contributed by atoms with Crippen LogP contribution in [-0.4, -0.2) is 23.6 Å². The Kier molecular flexibility index (Phi) is 8.40. The van der Waals surface area contributed by atoms with E-state index in [-0.39, 0.29) is 24.9 Å². The molecule has 0 radical (unpaired) electrons. The molecule has 0 amide bonds.